The third kappa shape index (κ3) is 4.73. The summed E-state index contributed by atoms with van der Waals surface area (Å²) in [5.74, 6) is 0. The molecular weight excluding hydrogens is 128 g/mol. The van der Waals surface area contributed by atoms with Gasteiger partial charge in [0.1, 0.15) is 6.23 Å². The Labute approximate surface area is 62.8 Å². The molecule has 0 aromatic carbocycles. The zero-order chi connectivity index (χ0) is 8.36. The molecule has 0 bridgehead atoms. The molecule has 0 aromatic heterocycles. The predicted molar refractivity (Wildman–Crippen MR) is 42.6 cm³/mol. The average Bonchev–Trinajstić information content (AvgIpc) is 1.60. The van der Waals surface area contributed by atoms with E-state index in [0.717, 1.165) is 0 Å². The second kappa shape index (κ2) is 3.32. The van der Waals surface area contributed by atoms with Crippen molar-refractivity contribution in [1.82, 2.24) is 4.90 Å². The first-order chi connectivity index (χ1) is 4.33. The van der Waals surface area contributed by atoms with Crippen molar-refractivity contribution in [3.8, 4) is 0 Å². The highest BCUT2D eigenvalue weighted by molar-refractivity contribution is 4.75. The third-order valence-electron chi connectivity index (χ3n) is 1.29. The number of rotatable bonds is 3. The van der Waals surface area contributed by atoms with Gasteiger partial charge in [-0.15, -0.1) is 0 Å². The summed E-state index contributed by atoms with van der Waals surface area (Å²) in [4.78, 5) is 1.81. The molecule has 0 saturated heterocycles. The SMILES string of the molecule is CC(O)N(C)CC(C)(C)N. The molecule has 0 aliphatic rings. The van der Waals surface area contributed by atoms with E-state index in [-0.39, 0.29) is 5.54 Å². The first-order valence-electron chi connectivity index (χ1n) is 3.50. The van der Waals surface area contributed by atoms with Crippen molar-refractivity contribution >= 4 is 0 Å². The van der Waals surface area contributed by atoms with Crippen LogP contribution in [0.5, 0.6) is 0 Å². The Morgan fingerprint density at radius 3 is 2.10 bits per heavy atom. The van der Waals surface area contributed by atoms with Gasteiger partial charge in [-0.3, -0.25) is 4.90 Å². The first-order valence-corrected chi connectivity index (χ1v) is 3.50. The van der Waals surface area contributed by atoms with Crippen LogP contribution in [0.3, 0.4) is 0 Å². The van der Waals surface area contributed by atoms with E-state index in [1.165, 1.54) is 0 Å². The van der Waals surface area contributed by atoms with Crippen LogP contribution in [0.15, 0.2) is 0 Å². The van der Waals surface area contributed by atoms with Gasteiger partial charge in [0, 0.05) is 12.1 Å². The Balaban J connectivity index is 3.68. The molecule has 1 unspecified atom stereocenters. The summed E-state index contributed by atoms with van der Waals surface area (Å²) in [7, 11) is 1.85. The number of likely N-dealkylation sites (N-methyl/N-ethyl adjacent to an activating group) is 1. The van der Waals surface area contributed by atoms with E-state index in [2.05, 4.69) is 0 Å². The maximum Gasteiger partial charge on any atom is 0.104 e. The van der Waals surface area contributed by atoms with Crippen LogP contribution in [-0.4, -0.2) is 35.4 Å². The molecule has 10 heavy (non-hydrogen) atoms. The largest absolute Gasteiger partial charge is 0.379 e. The molecule has 0 heterocycles. The van der Waals surface area contributed by atoms with E-state index >= 15 is 0 Å². The van der Waals surface area contributed by atoms with E-state index in [9.17, 15) is 0 Å². The minimum Gasteiger partial charge on any atom is -0.379 e. The molecule has 0 saturated carbocycles. The summed E-state index contributed by atoms with van der Waals surface area (Å²) >= 11 is 0. The quantitative estimate of drug-likeness (QED) is 0.551. The average molecular weight is 146 g/mol. The summed E-state index contributed by atoms with van der Waals surface area (Å²) in [5, 5.41) is 9.05. The molecule has 0 rings (SSSR count). The molecule has 3 nitrogen and oxygen atoms in total. The van der Waals surface area contributed by atoms with Crippen molar-refractivity contribution in [2.24, 2.45) is 5.73 Å². The smallest absolute Gasteiger partial charge is 0.104 e. The van der Waals surface area contributed by atoms with E-state index in [4.69, 9.17) is 10.8 Å². The summed E-state index contributed by atoms with van der Waals surface area (Å²) in [6, 6.07) is 0. The Kier molecular flexibility index (Phi) is 3.28. The number of hydrogen-bond acceptors (Lipinski definition) is 3. The Hall–Kier alpha value is -0.120. The lowest BCUT2D eigenvalue weighted by molar-refractivity contribution is 0.0272. The normalized spacial score (nSPS) is 15.9. The standard InChI is InChI=1S/C7H18N2O/c1-6(10)9(4)5-7(2,3)8/h6,10H,5,8H2,1-4H3. The zero-order valence-corrected chi connectivity index (χ0v) is 7.26. The number of hydrogen-bond donors (Lipinski definition) is 2. The topological polar surface area (TPSA) is 49.5 Å². The number of nitrogens with two attached hydrogens (primary N) is 1. The van der Waals surface area contributed by atoms with Crippen LogP contribution in [0.25, 0.3) is 0 Å². The fraction of sp³-hybridized carbons (Fsp3) is 1.00. The van der Waals surface area contributed by atoms with Crippen LogP contribution >= 0.6 is 0 Å². The van der Waals surface area contributed by atoms with Gasteiger partial charge in [0.15, 0.2) is 0 Å². The number of aliphatic hydroxyl groups excluding tert-OH is 1. The van der Waals surface area contributed by atoms with Crippen molar-refractivity contribution in [2.45, 2.75) is 32.5 Å². The maximum absolute atomic E-state index is 9.05. The second-order valence-electron chi connectivity index (χ2n) is 3.54. The highest BCUT2D eigenvalue weighted by Crippen LogP contribution is 2.01. The first kappa shape index (κ1) is 9.88. The maximum atomic E-state index is 9.05. The van der Waals surface area contributed by atoms with Gasteiger partial charge in [0.25, 0.3) is 0 Å². The van der Waals surface area contributed by atoms with Gasteiger partial charge < -0.3 is 10.8 Å². The van der Waals surface area contributed by atoms with Gasteiger partial charge in [-0.05, 0) is 27.8 Å². The summed E-state index contributed by atoms with van der Waals surface area (Å²) in [5.41, 5.74) is 5.49. The molecule has 0 spiro atoms. The summed E-state index contributed by atoms with van der Waals surface area (Å²) in [6.07, 6.45) is -0.414. The van der Waals surface area contributed by atoms with E-state index in [1.54, 1.807) is 11.8 Å². The molecule has 0 aliphatic heterocycles. The van der Waals surface area contributed by atoms with E-state index in [0.29, 0.717) is 6.54 Å². The molecule has 3 heteroatoms. The molecule has 0 aliphatic carbocycles. The zero-order valence-electron chi connectivity index (χ0n) is 7.26. The van der Waals surface area contributed by atoms with Gasteiger partial charge in [-0.25, -0.2) is 0 Å². The molecule has 62 valence electrons. The molecule has 0 aromatic rings. The predicted octanol–water partition coefficient (Wildman–Crippen LogP) is -0.00620. The summed E-state index contributed by atoms with van der Waals surface area (Å²) in [6.45, 7) is 6.30. The Bertz CT molecular complexity index is 96.3. The fourth-order valence-corrected chi connectivity index (χ4v) is 0.775. The van der Waals surface area contributed by atoms with Gasteiger partial charge in [-0.2, -0.15) is 0 Å². The van der Waals surface area contributed by atoms with Crippen molar-refractivity contribution in [3.05, 3.63) is 0 Å². The number of nitrogens with zero attached hydrogens (tertiary/aromatic N) is 1. The Morgan fingerprint density at radius 1 is 1.60 bits per heavy atom. The summed E-state index contributed by atoms with van der Waals surface area (Å²) < 4.78 is 0. The monoisotopic (exact) mass is 146 g/mol. The van der Waals surface area contributed by atoms with Crippen molar-refractivity contribution in [1.29, 1.82) is 0 Å². The molecule has 0 radical (unpaired) electrons. The minimum atomic E-state index is -0.414. The highest BCUT2D eigenvalue weighted by atomic mass is 16.3. The fourth-order valence-electron chi connectivity index (χ4n) is 0.775. The lowest BCUT2D eigenvalue weighted by atomic mass is 10.1. The highest BCUT2D eigenvalue weighted by Gasteiger charge is 2.15. The molecule has 0 fully saturated rings. The molecule has 3 N–H and O–H groups in total. The van der Waals surface area contributed by atoms with E-state index < -0.39 is 6.23 Å². The number of aliphatic hydroxyl groups is 1. The molecule has 0 amide bonds. The molecule has 1 atom stereocenters. The van der Waals surface area contributed by atoms with Crippen LogP contribution in [0.1, 0.15) is 20.8 Å². The van der Waals surface area contributed by atoms with Crippen molar-refractivity contribution < 1.29 is 5.11 Å². The van der Waals surface area contributed by atoms with Crippen LogP contribution in [0.4, 0.5) is 0 Å². The van der Waals surface area contributed by atoms with Crippen LogP contribution in [0.2, 0.25) is 0 Å². The van der Waals surface area contributed by atoms with Gasteiger partial charge in [0.2, 0.25) is 0 Å². The minimum absolute atomic E-state index is 0.230. The van der Waals surface area contributed by atoms with Crippen LogP contribution in [0, 0.1) is 0 Å². The lowest BCUT2D eigenvalue weighted by Crippen LogP contribution is -2.46. The van der Waals surface area contributed by atoms with Gasteiger partial charge in [0.05, 0.1) is 0 Å². The van der Waals surface area contributed by atoms with Crippen LogP contribution < -0.4 is 5.73 Å². The third-order valence-corrected chi connectivity index (χ3v) is 1.29. The van der Waals surface area contributed by atoms with Gasteiger partial charge >= 0.3 is 0 Å². The van der Waals surface area contributed by atoms with Gasteiger partial charge in [-0.1, -0.05) is 0 Å². The Morgan fingerprint density at radius 2 is 2.00 bits per heavy atom. The van der Waals surface area contributed by atoms with E-state index in [1.807, 2.05) is 20.9 Å². The lowest BCUT2D eigenvalue weighted by Gasteiger charge is -2.28. The van der Waals surface area contributed by atoms with Crippen molar-refractivity contribution in [2.75, 3.05) is 13.6 Å². The van der Waals surface area contributed by atoms with Crippen molar-refractivity contribution in [3.63, 3.8) is 0 Å². The van der Waals surface area contributed by atoms with Crippen LogP contribution in [-0.2, 0) is 0 Å². The second-order valence-corrected chi connectivity index (χ2v) is 3.54. The molecular formula is C7H18N2O.